The lowest BCUT2D eigenvalue weighted by atomic mass is 10.1. The van der Waals surface area contributed by atoms with Crippen molar-refractivity contribution in [1.29, 1.82) is 0 Å². The molecule has 2 rings (SSSR count). The van der Waals surface area contributed by atoms with Crippen LogP contribution in [0.2, 0.25) is 0 Å². The minimum absolute atomic E-state index is 0.0777. The molecule has 5 nitrogen and oxygen atoms in total. The fourth-order valence-corrected chi connectivity index (χ4v) is 3.75. The molecule has 1 atom stereocenters. The van der Waals surface area contributed by atoms with Crippen LogP contribution in [0.25, 0.3) is 0 Å². The minimum atomic E-state index is -3.15. The molecule has 0 aliphatic rings. The molecule has 0 amide bonds. The van der Waals surface area contributed by atoms with E-state index in [9.17, 15) is 8.42 Å². The van der Waals surface area contributed by atoms with E-state index in [1.54, 1.807) is 30.2 Å². The van der Waals surface area contributed by atoms with Gasteiger partial charge in [-0.25, -0.2) is 8.42 Å². The monoisotopic (exact) mass is 339 g/mol. The van der Waals surface area contributed by atoms with Gasteiger partial charge in [-0.3, -0.25) is 0 Å². The molecule has 2 aromatic rings. The molecule has 0 bridgehead atoms. The van der Waals surface area contributed by atoms with E-state index in [2.05, 4.69) is 37.9 Å². The lowest BCUT2D eigenvalue weighted by Crippen LogP contribution is -2.21. The van der Waals surface area contributed by atoms with Gasteiger partial charge in [0.25, 0.3) is 0 Å². The average molecular weight is 339 g/mol. The second-order valence-electron chi connectivity index (χ2n) is 6.26. The van der Waals surface area contributed by atoms with E-state index in [4.69, 9.17) is 0 Å². The van der Waals surface area contributed by atoms with Gasteiger partial charge in [0.2, 0.25) is 0 Å². The molecular weight excluding hydrogens is 318 g/mol. The number of benzene rings is 1. The van der Waals surface area contributed by atoms with Crippen LogP contribution in [0.15, 0.2) is 40.6 Å². The van der Waals surface area contributed by atoms with E-state index in [0.717, 1.165) is 10.7 Å². The Bertz CT molecular complexity index is 744. The Morgan fingerprint density at radius 1 is 1.18 bits per heavy atom. The zero-order chi connectivity index (χ0) is 16.5. The highest BCUT2D eigenvalue weighted by Crippen LogP contribution is 2.35. The second-order valence-corrected chi connectivity index (χ2v) is 9.58. The summed E-state index contributed by atoms with van der Waals surface area (Å²) in [5, 5.41) is 9.19. The summed E-state index contributed by atoms with van der Waals surface area (Å²) in [7, 11) is -3.15. The first-order chi connectivity index (χ1) is 10.1. The molecule has 0 spiro atoms. The maximum Gasteiger partial charge on any atom is 0.192 e. The van der Waals surface area contributed by atoms with Crippen LogP contribution in [0, 0.1) is 0 Å². The summed E-state index contributed by atoms with van der Waals surface area (Å²) < 4.78 is 25.0. The molecule has 7 heteroatoms. The van der Waals surface area contributed by atoms with Crippen molar-refractivity contribution in [3.8, 4) is 0 Å². The standard InChI is InChI=1S/C15H21N3O2S2/c1-11(12-6-8-13(9-7-12)22(5,19)20)21-14-17-16-10-18(14)15(2,3)4/h6-11H,1-5H3/t11-/m0/s1. The molecule has 1 aromatic heterocycles. The van der Waals surface area contributed by atoms with Gasteiger partial charge in [-0.1, -0.05) is 23.9 Å². The lowest BCUT2D eigenvalue weighted by molar-refractivity contribution is 0.367. The summed E-state index contributed by atoms with van der Waals surface area (Å²) >= 11 is 1.61. The third-order valence-corrected chi connectivity index (χ3v) is 5.54. The van der Waals surface area contributed by atoms with Gasteiger partial charge in [-0.2, -0.15) is 0 Å². The molecule has 0 aliphatic heterocycles. The Morgan fingerprint density at radius 3 is 2.27 bits per heavy atom. The summed E-state index contributed by atoms with van der Waals surface area (Å²) in [4.78, 5) is 0.339. The van der Waals surface area contributed by atoms with Crippen molar-refractivity contribution < 1.29 is 8.42 Å². The van der Waals surface area contributed by atoms with Gasteiger partial charge >= 0.3 is 0 Å². The zero-order valence-corrected chi connectivity index (χ0v) is 15.1. The highest BCUT2D eigenvalue weighted by molar-refractivity contribution is 7.99. The predicted octanol–water partition coefficient (Wildman–Crippen LogP) is 3.29. The van der Waals surface area contributed by atoms with Crippen LogP contribution >= 0.6 is 11.8 Å². The van der Waals surface area contributed by atoms with Gasteiger partial charge in [-0.05, 0) is 45.4 Å². The van der Waals surface area contributed by atoms with Crippen LogP contribution in [0.4, 0.5) is 0 Å². The molecule has 0 fully saturated rings. The molecule has 1 aromatic carbocycles. The summed E-state index contributed by atoms with van der Waals surface area (Å²) in [6.07, 6.45) is 2.95. The Labute approximate surface area is 136 Å². The smallest absolute Gasteiger partial charge is 0.192 e. The van der Waals surface area contributed by atoms with E-state index in [0.29, 0.717) is 4.90 Å². The molecule has 1 heterocycles. The highest BCUT2D eigenvalue weighted by atomic mass is 32.2. The van der Waals surface area contributed by atoms with Crippen LogP contribution in [0.1, 0.15) is 38.5 Å². The van der Waals surface area contributed by atoms with Crippen LogP contribution < -0.4 is 0 Å². The summed E-state index contributed by atoms with van der Waals surface area (Å²) in [5.74, 6) is 0. The SMILES string of the molecule is C[C@H](Sc1nncn1C(C)(C)C)c1ccc(S(C)(=O)=O)cc1. The second kappa shape index (κ2) is 6.04. The first-order valence-electron chi connectivity index (χ1n) is 6.96. The number of hydrogen-bond acceptors (Lipinski definition) is 5. The Hall–Kier alpha value is -1.34. The van der Waals surface area contributed by atoms with E-state index in [-0.39, 0.29) is 10.8 Å². The molecule has 0 unspecified atom stereocenters. The summed E-state index contributed by atoms with van der Waals surface area (Å²) in [6, 6.07) is 7.00. The third-order valence-electron chi connectivity index (χ3n) is 3.30. The molecule has 120 valence electrons. The lowest BCUT2D eigenvalue weighted by Gasteiger charge is -2.23. The maximum absolute atomic E-state index is 11.5. The zero-order valence-electron chi connectivity index (χ0n) is 13.4. The third kappa shape index (κ3) is 3.89. The first-order valence-corrected chi connectivity index (χ1v) is 9.73. The highest BCUT2D eigenvalue weighted by Gasteiger charge is 2.20. The Kier molecular flexibility index (Phi) is 4.67. The van der Waals surface area contributed by atoms with E-state index < -0.39 is 9.84 Å². The predicted molar refractivity (Wildman–Crippen MR) is 88.8 cm³/mol. The fourth-order valence-electron chi connectivity index (χ4n) is 1.98. The molecule has 0 radical (unpaired) electrons. The van der Waals surface area contributed by atoms with E-state index >= 15 is 0 Å². The van der Waals surface area contributed by atoms with Crippen molar-refractivity contribution in [2.45, 2.75) is 48.5 Å². The largest absolute Gasteiger partial charge is 0.303 e. The number of nitrogens with zero attached hydrogens (tertiary/aromatic N) is 3. The Morgan fingerprint density at radius 2 is 1.77 bits per heavy atom. The van der Waals surface area contributed by atoms with E-state index in [1.165, 1.54) is 6.26 Å². The van der Waals surface area contributed by atoms with Gasteiger partial charge in [0.15, 0.2) is 15.0 Å². The van der Waals surface area contributed by atoms with Crippen molar-refractivity contribution in [3.05, 3.63) is 36.2 Å². The topological polar surface area (TPSA) is 64.8 Å². The van der Waals surface area contributed by atoms with Gasteiger partial charge < -0.3 is 4.57 Å². The van der Waals surface area contributed by atoms with Crippen molar-refractivity contribution in [2.24, 2.45) is 0 Å². The number of sulfone groups is 1. The van der Waals surface area contributed by atoms with Crippen molar-refractivity contribution in [2.75, 3.05) is 6.26 Å². The molecular formula is C15H21N3O2S2. The fraction of sp³-hybridized carbons (Fsp3) is 0.467. The van der Waals surface area contributed by atoms with Crippen molar-refractivity contribution in [1.82, 2.24) is 14.8 Å². The summed E-state index contributed by atoms with van der Waals surface area (Å²) in [6.45, 7) is 8.38. The van der Waals surface area contributed by atoms with Crippen LogP contribution in [0.3, 0.4) is 0 Å². The number of hydrogen-bond donors (Lipinski definition) is 0. The molecule has 0 aliphatic carbocycles. The number of thioether (sulfide) groups is 1. The van der Waals surface area contributed by atoms with Gasteiger partial charge in [0.05, 0.1) is 4.90 Å². The van der Waals surface area contributed by atoms with Crippen LogP contribution in [-0.2, 0) is 15.4 Å². The van der Waals surface area contributed by atoms with Gasteiger partial charge in [0, 0.05) is 17.0 Å². The quantitative estimate of drug-likeness (QED) is 0.800. The van der Waals surface area contributed by atoms with Crippen molar-refractivity contribution >= 4 is 21.6 Å². The van der Waals surface area contributed by atoms with Crippen LogP contribution in [0.5, 0.6) is 0 Å². The Balaban J connectivity index is 2.20. The number of aromatic nitrogens is 3. The maximum atomic E-state index is 11.5. The van der Waals surface area contributed by atoms with Gasteiger partial charge in [0.1, 0.15) is 6.33 Å². The molecule has 0 N–H and O–H groups in total. The van der Waals surface area contributed by atoms with Crippen LogP contribution in [-0.4, -0.2) is 29.4 Å². The van der Waals surface area contributed by atoms with E-state index in [1.807, 2.05) is 16.7 Å². The average Bonchev–Trinajstić information content (AvgIpc) is 2.86. The first kappa shape index (κ1) is 17.0. The number of rotatable bonds is 4. The normalized spacial score (nSPS) is 14.0. The molecule has 0 saturated heterocycles. The molecule has 22 heavy (non-hydrogen) atoms. The molecule has 0 saturated carbocycles. The van der Waals surface area contributed by atoms with Gasteiger partial charge in [-0.15, -0.1) is 10.2 Å². The summed E-state index contributed by atoms with van der Waals surface area (Å²) in [5.41, 5.74) is 0.979. The minimum Gasteiger partial charge on any atom is -0.303 e. The van der Waals surface area contributed by atoms with Crippen molar-refractivity contribution in [3.63, 3.8) is 0 Å².